The minimum atomic E-state index is -0.431. The Morgan fingerprint density at radius 1 is 1.35 bits per heavy atom. The fraction of sp³-hybridized carbons (Fsp3) is 0.250. The Balaban J connectivity index is 2.26. The first-order valence-electron chi connectivity index (χ1n) is 6.03. The van der Waals surface area contributed by atoms with Crippen LogP contribution >= 0.6 is 11.8 Å². The lowest BCUT2D eigenvalue weighted by Crippen LogP contribution is -2.03. The van der Waals surface area contributed by atoms with Gasteiger partial charge in [-0.15, -0.1) is 0 Å². The maximum atomic E-state index is 10.9. The van der Waals surface area contributed by atoms with Crippen molar-refractivity contribution in [2.45, 2.75) is 23.4 Å². The van der Waals surface area contributed by atoms with E-state index >= 15 is 0 Å². The van der Waals surface area contributed by atoms with Crippen LogP contribution in [0.15, 0.2) is 40.8 Å². The lowest BCUT2D eigenvalue weighted by molar-refractivity contribution is -0.385. The van der Waals surface area contributed by atoms with E-state index in [9.17, 15) is 10.1 Å². The van der Waals surface area contributed by atoms with Crippen LogP contribution in [0, 0.1) is 10.1 Å². The van der Waals surface area contributed by atoms with E-state index in [4.69, 9.17) is 0 Å². The smallest absolute Gasteiger partial charge is 0.275 e. The van der Waals surface area contributed by atoms with E-state index in [1.807, 2.05) is 6.92 Å². The molecule has 0 fully saturated rings. The van der Waals surface area contributed by atoms with Crippen molar-refractivity contribution in [1.82, 2.24) is 15.0 Å². The summed E-state index contributed by atoms with van der Waals surface area (Å²) in [6.45, 7) is 2.73. The molecule has 0 bridgehead atoms. The van der Waals surface area contributed by atoms with E-state index in [1.54, 1.807) is 18.6 Å². The molecular formula is C12H13N5O2S. The number of pyridine rings is 1. The highest BCUT2D eigenvalue weighted by Crippen LogP contribution is 2.28. The zero-order valence-electron chi connectivity index (χ0n) is 10.8. The monoisotopic (exact) mass is 291 g/mol. The van der Waals surface area contributed by atoms with Gasteiger partial charge < -0.3 is 5.32 Å². The third kappa shape index (κ3) is 3.89. The molecule has 8 heteroatoms. The Hall–Kier alpha value is -2.22. The van der Waals surface area contributed by atoms with E-state index < -0.39 is 4.92 Å². The summed E-state index contributed by atoms with van der Waals surface area (Å²) in [5.74, 6) is 0.493. The average Bonchev–Trinajstić information content (AvgIpc) is 2.46. The molecule has 0 aliphatic rings. The van der Waals surface area contributed by atoms with Crippen molar-refractivity contribution in [3.63, 3.8) is 0 Å². The zero-order chi connectivity index (χ0) is 14.4. The Bertz CT molecular complexity index is 594. The molecule has 1 N–H and O–H groups in total. The lowest BCUT2D eigenvalue weighted by Gasteiger charge is -2.06. The molecule has 2 heterocycles. The van der Waals surface area contributed by atoms with Gasteiger partial charge in [0.2, 0.25) is 0 Å². The van der Waals surface area contributed by atoms with Crippen molar-refractivity contribution in [3.05, 3.63) is 40.8 Å². The minimum absolute atomic E-state index is 0.00462. The first kappa shape index (κ1) is 14.2. The number of nitro groups is 1. The maximum Gasteiger partial charge on any atom is 0.275 e. The van der Waals surface area contributed by atoms with Crippen molar-refractivity contribution in [1.29, 1.82) is 0 Å². The normalized spacial score (nSPS) is 10.2. The van der Waals surface area contributed by atoms with Crippen molar-refractivity contribution < 1.29 is 4.92 Å². The van der Waals surface area contributed by atoms with Crippen LogP contribution < -0.4 is 5.32 Å². The molecule has 2 rings (SSSR count). The van der Waals surface area contributed by atoms with Gasteiger partial charge in [0.05, 0.1) is 17.2 Å². The zero-order valence-corrected chi connectivity index (χ0v) is 11.6. The molecule has 0 atom stereocenters. The summed E-state index contributed by atoms with van der Waals surface area (Å²) in [5.41, 5.74) is 0.00462. The number of nitrogens with zero attached hydrogens (tertiary/aromatic N) is 4. The van der Waals surface area contributed by atoms with E-state index in [0.29, 0.717) is 22.4 Å². The number of hydrogen-bond acceptors (Lipinski definition) is 7. The molecule has 0 aliphatic carbocycles. The van der Waals surface area contributed by atoms with Crippen LogP contribution in [0.1, 0.15) is 13.3 Å². The molecule has 0 aromatic carbocycles. The molecule has 0 amide bonds. The van der Waals surface area contributed by atoms with Gasteiger partial charge in [0, 0.05) is 25.0 Å². The highest BCUT2D eigenvalue weighted by molar-refractivity contribution is 7.99. The van der Waals surface area contributed by atoms with Gasteiger partial charge in [-0.2, -0.15) is 0 Å². The van der Waals surface area contributed by atoms with Crippen LogP contribution in [0.4, 0.5) is 11.5 Å². The van der Waals surface area contributed by atoms with Crippen molar-refractivity contribution in [2.75, 3.05) is 11.9 Å². The van der Waals surface area contributed by atoms with Gasteiger partial charge in [0.1, 0.15) is 15.9 Å². The number of rotatable bonds is 6. The van der Waals surface area contributed by atoms with Gasteiger partial charge in [0.25, 0.3) is 5.69 Å². The second-order valence-electron chi connectivity index (χ2n) is 3.88. The third-order valence-corrected chi connectivity index (χ3v) is 3.14. The highest BCUT2D eigenvalue weighted by Gasteiger charge is 2.12. The Morgan fingerprint density at radius 3 is 2.85 bits per heavy atom. The molecule has 0 spiro atoms. The average molecular weight is 291 g/mol. The minimum Gasteiger partial charge on any atom is -0.370 e. The predicted molar refractivity (Wildman–Crippen MR) is 75.8 cm³/mol. The predicted octanol–water partition coefficient (Wildman–Crippen LogP) is 2.75. The molecule has 0 unspecified atom stereocenters. The van der Waals surface area contributed by atoms with E-state index in [1.165, 1.54) is 23.9 Å². The van der Waals surface area contributed by atoms with Gasteiger partial charge in [-0.3, -0.25) is 15.1 Å². The summed E-state index contributed by atoms with van der Waals surface area (Å²) in [6, 6.07) is 2.85. The largest absolute Gasteiger partial charge is 0.370 e. The summed E-state index contributed by atoms with van der Waals surface area (Å²) in [6.07, 6.45) is 5.64. The molecule has 7 nitrogen and oxygen atoms in total. The number of nitrogens with one attached hydrogen (secondary N) is 1. The third-order valence-electron chi connectivity index (χ3n) is 2.30. The first-order valence-corrected chi connectivity index (χ1v) is 6.85. The summed E-state index contributed by atoms with van der Waals surface area (Å²) < 4.78 is 0. The van der Waals surface area contributed by atoms with E-state index in [0.717, 1.165) is 6.42 Å². The molecule has 0 aliphatic heterocycles. The lowest BCUT2D eigenvalue weighted by atomic mass is 10.4. The molecule has 0 saturated carbocycles. The summed E-state index contributed by atoms with van der Waals surface area (Å²) >= 11 is 1.24. The van der Waals surface area contributed by atoms with Crippen molar-refractivity contribution in [2.24, 2.45) is 0 Å². The van der Waals surface area contributed by atoms with Crippen LogP contribution in [-0.4, -0.2) is 26.4 Å². The molecular weight excluding hydrogens is 278 g/mol. The Labute approximate surface area is 120 Å². The molecule has 20 heavy (non-hydrogen) atoms. The van der Waals surface area contributed by atoms with Gasteiger partial charge in [0.15, 0.2) is 0 Å². The number of hydrogen-bond donors (Lipinski definition) is 1. The second-order valence-corrected chi connectivity index (χ2v) is 4.92. The topological polar surface area (TPSA) is 93.8 Å². The van der Waals surface area contributed by atoms with Crippen LogP contribution in [0.5, 0.6) is 0 Å². The van der Waals surface area contributed by atoms with Crippen LogP contribution in [-0.2, 0) is 0 Å². The summed E-state index contributed by atoms with van der Waals surface area (Å²) in [4.78, 5) is 22.9. The van der Waals surface area contributed by atoms with Gasteiger partial charge in [-0.05, 0) is 18.2 Å². The standard InChI is InChI=1S/C12H13N5O2S/c1-2-3-14-10-6-9(17(18)19)7-11(16-10)20-12-8-13-4-5-15-12/h4-8H,2-3H2,1H3,(H,14,16). The Kier molecular flexibility index (Phi) is 4.83. The highest BCUT2D eigenvalue weighted by atomic mass is 32.2. The molecule has 2 aromatic rings. The molecule has 104 valence electrons. The molecule has 2 aromatic heterocycles. The van der Waals surface area contributed by atoms with E-state index in [-0.39, 0.29) is 5.69 Å². The SMILES string of the molecule is CCCNc1cc([N+](=O)[O-])cc(Sc2cnccn2)n1. The van der Waals surface area contributed by atoms with Crippen LogP contribution in [0.2, 0.25) is 0 Å². The van der Waals surface area contributed by atoms with E-state index in [2.05, 4.69) is 20.3 Å². The van der Waals surface area contributed by atoms with Crippen molar-refractivity contribution >= 4 is 23.3 Å². The molecule has 0 radical (unpaired) electrons. The number of aromatic nitrogens is 3. The second kappa shape index (κ2) is 6.80. The number of anilines is 1. The summed E-state index contributed by atoms with van der Waals surface area (Å²) in [5, 5.41) is 15.1. The fourth-order valence-corrected chi connectivity index (χ4v) is 2.20. The Morgan fingerprint density at radius 2 is 2.20 bits per heavy atom. The first-order chi connectivity index (χ1) is 9.69. The van der Waals surface area contributed by atoms with Gasteiger partial charge >= 0.3 is 0 Å². The van der Waals surface area contributed by atoms with Gasteiger partial charge in [-0.1, -0.05) is 6.92 Å². The van der Waals surface area contributed by atoms with Gasteiger partial charge in [-0.25, -0.2) is 9.97 Å². The summed E-state index contributed by atoms with van der Waals surface area (Å²) in [7, 11) is 0. The quantitative estimate of drug-likeness (QED) is 0.646. The van der Waals surface area contributed by atoms with Crippen molar-refractivity contribution in [3.8, 4) is 0 Å². The van der Waals surface area contributed by atoms with Crippen LogP contribution in [0.3, 0.4) is 0 Å². The molecule has 0 saturated heterocycles. The van der Waals surface area contributed by atoms with Crippen LogP contribution in [0.25, 0.3) is 0 Å². The fourth-order valence-electron chi connectivity index (χ4n) is 1.44. The maximum absolute atomic E-state index is 10.9.